The lowest BCUT2D eigenvalue weighted by molar-refractivity contribution is -0.140. The van der Waals surface area contributed by atoms with E-state index in [0.29, 0.717) is 24.8 Å². The average Bonchev–Trinajstić information content (AvgIpc) is 3.08. The molecule has 0 bridgehead atoms. The fourth-order valence-electron chi connectivity index (χ4n) is 3.74. The van der Waals surface area contributed by atoms with Crippen molar-refractivity contribution in [1.29, 1.82) is 0 Å². The van der Waals surface area contributed by atoms with Crippen molar-refractivity contribution in [1.82, 2.24) is 9.88 Å². The molecule has 2 aliphatic heterocycles. The number of likely N-dealkylation sites (tertiary alicyclic amines) is 1. The van der Waals surface area contributed by atoms with Gasteiger partial charge in [-0.3, -0.25) is 4.90 Å². The van der Waals surface area contributed by atoms with Crippen molar-refractivity contribution in [2.75, 3.05) is 31.1 Å². The Morgan fingerprint density at radius 3 is 2.62 bits per heavy atom. The summed E-state index contributed by atoms with van der Waals surface area (Å²) in [5.74, 6) is 0.194. The number of aliphatic hydroxyl groups excluding tert-OH is 3. The van der Waals surface area contributed by atoms with Gasteiger partial charge in [0.15, 0.2) is 10.8 Å². The second kappa shape index (κ2) is 7.59. The lowest BCUT2D eigenvalue weighted by atomic mass is 9.91. The summed E-state index contributed by atoms with van der Waals surface area (Å²) in [6, 6.07) is -0.291. The molecular weight excluding hydrogens is 371 g/mol. The van der Waals surface area contributed by atoms with Crippen LogP contribution in [0.3, 0.4) is 0 Å². The Bertz CT molecular complexity index is 615. The molecule has 3 N–H and O–H groups in total. The van der Waals surface area contributed by atoms with Crippen molar-refractivity contribution < 1.29 is 28.5 Å². The molecule has 2 aliphatic rings. The molecule has 3 rings (SSSR count). The van der Waals surface area contributed by atoms with Gasteiger partial charge in [-0.15, -0.1) is 11.3 Å². The predicted octanol–water partition coefficient (Wildman–Crippen LogP) is 1.17. The zero-order chi connectivity index (χ0) is 19.1. The monoisotopic (exact) mass is 395 g/mol. The molecule has 2 saturated heterocycles. The van der Waals surface area contributed by atoms with Crippen LogP contribution in [0.25, 0.3) is 0 Å². The SMILES string of the molecule is C[C@@H]1[C@@H](O)[C@H](O)[C@@H](O)CN1C[C@H]1CCCN(c2nc(C(F)(F)F)cs2)C1. The van der Waals surface area contributed by atoms with E-state index in [1.54, 1.807) is 6.92 Å². The number of hydrogen-bond donors (Lipinski definition) is 3. The van der Waals surface area contributed by atoms with Crippen LogP contribution in [0, 0.1) is 5.92 Å². The summed E-state index contributed by atoms with van der Waals surface area (Å²) in [6.45, 7) is 3.93. The quantitative estimate of drug-likeness (QED) is 0.713. The lowest BCUT2D eigenvalue weighted by Crippen LogP contribution is -2.61. The maximum Gasteiger partial charge on any atom is 0.434 e. The van der Waals surface area contributed by atoms with Crippen LogP contribution >= 0.6 is 11.3 Å². The third-order valence-electron chi connectivity index (χ3n) is 5.30. The van der Waals surface area contributed by atoms with E-state index >= 15 is 0 Å². The average molecular weight is 395 g/mol. The van der Waals surface area contributed by atoms with E-state index in [1.807, 2.05) is 9.80 Å². The Morgan fingerprint density at radius 1 is 1.23 bits per heavy atom. The molecule has 0 radical (unpaired) electrons. The number of aromatic nitrogens is 1. The predicted molar refractivity (Wildman–Crippen MR) is 91.1 cm³/mol. The highest BCUT2D eigenvalue weighted by atomic mass is 32.1. The number of alkyl halides is 3. The lowest BCUT2D eigenvalue weighted by Gasteiger charge is -2.44. The summed E-state index contributed by atoms with van der Waals surface area (Å²) >= 11 is 1.00. The summed E-state index contributed by atoms with van der Waals surface area (Å²) in [4.78, 5) is 7.55. The van der Waals surface area contributed by atoms with Gasteiger partial charge in [0.05, 0.1) is 12.2 Å². The van der Waals surface area contributed by atoms with Crippen molar-refractivity contribution in [2.45, 2.75) is 50.3 Å². The molecule has 5 atom stereocenters. The molecule has 0 saturated carbocycles. The molecule has 0 amide bonds. The van der Waals surface area contributed by atoms with Gasteiger partial charge in [0.1, 0.15) is 6.10 Å². The van der Waals surface area contributed by atoms with E-state index < -0.39 is 30.2 Å². The molecule has 10 heteroatoms. The Balaban J connectivity index is 1.63. The van der Waals surface area contributed by atoms with Gasteiger partial charge < -0.3 is 20.2 Å². The summed E-state index contributed by atoms with van der Waals surface area (Å²) < 4.78 is 38.3. The minimum absolute atomic E-state index is 0.194. The topological polar surface area (TPSA) is 80.1 Å². The molecule has 1 aromatic rings. The normalized spacial score (nSPS) is 34.3. The fraction of sp³-hybridized carbons (Fsp3) is 0.812. The highest BCUT2D eigenvalue weighted by Gasteiger charge is 2.40. The van der Waals surface area contributed by atoms with Crippen LogP contribution < -0.4 is 4.90 Å². The van der Waals surface area contributed by atoms with Crippen molar-refractivity contribution in [3.8, 4) is 0 Å². The number of piperidine rings is 2. The number of nitrogens with zero attached hydrogens (tertiary/aromatic N) is 3. The van der Waals surface area contributed by atoms with E-state index in [9.17, 15) is 28.5 Å². The van der Waals surface area contributed by atoms with E-state index in [2.05, 4.69) is 4.98 Å². The molecule has 0 aliphatic carbocycles. The molecule has 148 valence electrons. The summed E-state index contributed by atoms with van der Waals surface area (Å²) in [7, 11) is 0. The van der Waals surface area contributed by atoms with Gasteiger partial charge in [-0.25, -0.2) is 4.98 Å². The smallest absolute Gasteiger partial charge is 0.389 e. The van der Waals surface area contributed by atoms with Crippen LogP contribution in [-0.4, -0.2) is 75.7 Å². The van der Waals surface area contributed by atoms with Crippen molar-refractivity contribution in [3.05, 3.63) is 11.1 Å². The number of halogens is 3. The molecule has 26 heavy (non-hydrogen) atoms. The zero-order valence-electron chi connectivity index (χ0n) is 14.4. The third-order valence-corrected chi connectivity index (χ3v) is 6.20. The Morgan fingerprint density at radius 2 is 1.96 bits per heavy atom. The Kier molecular flexibility index (Phi) is 5.78. The number of rotatable bonds is 3. The maximum atomic E-state index is 12.8. The molecule has 3 heterocycles. The first-order valence-electron chi connectivity index (χ1n) is 8.72. The Labute approximate surface area is 153 Å². The van der Waals surface area contributed by atoms with Crippen LogP contribution in [0.15, 0.2) is 5.38 Å². The van der Waals surface area contributed by atoms with E-state index in [1.165, 1.54) is 0 Å². The van der Waals surface area contributed by atoms with Crippen molar-refractivity contribution >= 4 is 16.5 Å². The minimum Gasteiger partial charge on any atom is -0.389 e. The summed E-state index contributed by atoms with van der Waals surface area (Å²) in [5.41, 5.74) is -0.857. The molecular formula is C16H24F3N3O3S. The molecule has 1 aromatic heterocycles. The molecule has 0 unspecified atom stereocenters. The number of β-amino-alcohol motifs (C(OH)–C–C–N with tert-alkyl or cyclic N) is 1. The van der Waals surface area contributed by atoms with Gasteiger partial charge in [0.2, 0.25) is 0 Å². The number of aliphatic hydroxyl groups is 3. The van der Waals surface area contributed by atoms with Crippen molar-refractivity contribution in [2.24, 2.45) is 5.92 Å². The highest BCUT2D eigenvalue weighted by Crippen LogP contribution is 2.34. The largest absolute Gasteiger partial charge is 0.434 e. The van der Waals surface area contributed by atoms with Gasteiger partial charge in [0, 0.05) is 37.6 Å². The van der Waals surface area contributed by atoms with E-state index in [0.717, 1.165) is 29.6 Å². The van der Waals surface area contributed by atoms with Crippen LogP contribution in [0.2, 0.25) is 0 Å². The minimum atomic E-state index is -4.43. The third kappa shape index (κ3) is 4.14. The van der Waals surface area contributed by atoms with Crippen molar-refractivity contribution in [3.63, 3.8) is 0 Å². The molecule has 6 nitrogen and oxygen atoms in total. The van der Waals surface area contributed by atoms with Gasteiger partial charge in [0.25, 0.3) is 0 Å². The maximum absolute atomic E-state index is 12.8. The van der Waals surface area contributed by atoms with Crippen LogP contribution in [0.4, 0.5) is 18.3 Å². The molecule has 0 spiro atoms. The summed E-state index contributed by atoms with van der Waals surface area (Å²) in [5, 5.41) is 31.1. The Hall–Kier alpha value is -0.940. The number of thiazole rings is 1. The summed E-state index contributed by atoms with van der Waals surface area (Å²) in [6.07, 6.45) is -5.84. The molecule has 2 fully saturated rings. The van der Waals surface area contributed by atoms with Crippen LogP contribution in [-0.2, 0) is 6.18 Å². The first-order chi connectivity index (χ1) is 12.2. The number of anilines is 1. The number of hydrogen-bond acceptors (Lipinski definition) is 7. The zero-order valence-corrected chi connectivity index (χ0v) is 15.2. The van der Waals surface area contributed by atoms with Gasteiger partial charge in [-0.1, -0.05) is 0 Å². The van der Waals surface area contributed by atoms with Gasteiger partial charge >= 0.3 is 6.18 Å². The second-order valence-corrected chi connectivity index (χ2v) is 8.05. The van der Waals surface area contributed by atoms with Gasteiger partial charge in [-0.2, -0.15) is 13.2 Å². The van der Waals surface area contributed by atoms with Crippen LogP contribution in [0.1, 0.15) is 25.5 Å². The van der Waals surface area contributed by atoms with E-state index in [-0.39, 0.29) is 18.5 Å². The van der Waals surface area contributed by atoms with E-state index in [4.69, 9.17) is 0 Å². The van der Waals surface area contributed by atoms with Gasteiger partial charge in [-0.05, 0) is 25.7 Å². The van der Waals surface area contributed by atoms with Crippen LogP contribution in [0.5, 0.6) is 0 Å². The first-order valence-corrected chi connectivity index (χ1v) is 9.60. The second-order valence-electron chi connectivity index (χ2n) is 7.21. The fourth-order valence-corrected chi connectivity index (χ4v) is 4.61. The highest BCUT2D eigenvalue weighted by molar-refractivity contribution is 7.13. The molecule has 0 aromatic carbocycles. The first kappa shape index (κ1) is 19.8. The standard InChI is InChI=1S/C16H24F3N3O3S/c1-9-13(24)14(25)11(23)7-22(9)6-10-3-2-4-21(5-10)15-20-12(8-26-15)16(17,18)19/h8-11,13-14,23-25H,2-7H2,1H3/t9-,10+,11+,13-,14-/m1/s1.